The summed E-state index contributed by atoms with van der Waals surface area (Å²) in [6, 6.07) is 8.74. The van der Waals surface area contributed by atoms with Crippen LogP contribution in [0.3, 0.4) is 0 Å². The number of Topliss-reactive ketones (excluding diaryl/α,β-unsaturated/α-hetero) is 1. The van der Waals surface area contributed by atoms with E-state index >= 15 is 0 Å². The normalized spacial score (nSPS) is 49.7. The lowest BCUT2D eigenvalue weighted by atomic mass is 9.43. The maximum Gasteiger partial charge on any atom is 0.338 e. The number of aliphatic hydroxyl groups is 8. The molecule has 0 radical (unpaired) electrons. The van der Waals surface area contributed by atoms with Gasteiger partial charge in [0.05, 0.1) is 49.1 Å². The topological polar surface area (TPSA) is 336 Å². The third kappa shape index (κ3) is 10.7. The molecule has 24 heteroatoms. The number of rotatable bonds is 18. The lowest BCUT2D eigenvalue weighted by Crippen LogP contribution is -2.71. The highest BCUT2D eigenvalue weighted by Crippen LogP contribution is 2.81. The Balaban J connectivity index is 0.792. The summed E-state index contributed by atoms with van der Waals surface area (Å²) < 4.78 is 81.7. The smallest absolute Gasteiger partial charge is 0.338 e. The van der Waals surface area contributed by atoms with Gasteiger partial charge in [-0.1, -0.05) is 45.9 Å². The van der Waals surface area contributed by atoms with Gasteiger partial charge in [-0.15, -0.1) is 0 Å². The van der Waals surface area contributed by atoms with E-state index in [0.717, 1.165) is 6.42 Å². The van der Waals surface area contributed by atoms with Crippen molar-refractivity contribution in [2.24, 2.45) is 34.5 Å². The van der Waals surface area contributed by atoms with E-state index in [9.17, 15) is 55.2 Å². The Morgan fingerprint density at radius 2 is 1.30 bits per heavy atom. The van der Waals surface area contributed by atoms with Crippen LogP contribution in [0.15, 0.2) is 30.3 Å². The second-order valence-electron chi connectivity index (χ2n) is 25.3. The number of carbonyl (C=O) groups excluding carboxylic acids is 3. The van der Waals surface area contributed by atoms with Crippen molar-refractivity contribution < 1.29 is 117 Å². The van der Waals surface area contributed by atoms with Crippen molar-refractivity contribution in [3.63, 3.8) is 0 Å². The number of ketones is 1. The number of carbonyl (C=O) groups is 3. The van der Waals surface area contributed by atoms with Crippen molar-refractivity contribution in [3.05, 3.63) is 35.9 Å². The number of hydrogen-bond acceptors (Lipinski definition) is 24. The minimum absolute atomic E-state index is 0.0134. The fourth-order valence-electron chi connectivity index (χ4n) is 16.3. The summed E-state index contributed by atoms with van der Waals surface area (Å²) in [4.78, 5) is 42.1. The predicted octanol–water partition coefficient (Wildman–Crippen LogP) is 0.963. The highest BCUT2D eigenvalue weighted by molar-refractivity contribution is 5.89. The number of epoxide rings is 1. The number of ether oxygens (including phenoxy) is 13. The van der Waals surface area contributed by atoms with E-state index in [0.29, 0.717) is 50.5 Å². The number of hydrogen-bond donors (Lipinski definition) is 8. The lowest BCUT2D eigenvalue weighted by molar-refractivity contribution is -0.384. The first-order chi connectivity index (χ1) is 39.5. The van der Waals surface area contributed by atoms with Crippen LogP contribution in [-0.4, -0.2) is 232 Å². The zero-order chi connectivity index (χ0) is 59.8. The van der Waals surface area contributed by atoms with Gasteiger partial charge in [-0.2, -0.15) is 0 Å². The minimum atomic E-state index is -1.86. The SMILES string of the molecule is CCC(C)C(=O)O[C@@H]1[C@@H](OC(=O)c2ccccc2)[C@]2(C)[C@H](C(C)=O)CC[C@@]23O[C@]32CC[C@H]3C[C@@H](O[C@H]4C[C@@H](OC)[C@H](O[C@@H]5O[C@H](C)[C@@H](O[C@@H]6O[C@H](CO)[C@@H](O[C@@H]7O[C@H](CO)[C@@H](O)[C@H](O)[C@H]7O)[C@H](O)[C@H]6O)[C@@H](OC)[C@H]5O)[C@@H](C)O4)CC[C@]3(C)[C@@H]12. The molecule has 0 amide bonds. The summed E-state index contributed by atoms with van der Waals surface area (Å²) in [5.74, 6) is -2.14. The van der Waals surface area contributed by atoms with Crippen molar-refractivity contribution in [1.82, 2.24) is 0 Å². The van der Waals surface area contributed by atoms with Crippen molar-refractivity contribution in [1.29, 1.82) is 0 Å². The molecule has 9 aliphatic rings. The van der Waals surface area contributed by atoms with E-state index in [1.54, 1.807) is 45.2 Å². The third-order valence-corrected chi connectivity index (χ3v) is 21.0. The molecule has 83 heavy (non-hydrogen) atoms. The highest BCUT2D eigenvalue weighted by atomic mass is 16.8. The number of methoxy groups -OCH3 is 2. The Morgan fingerprint density at radius 1 is 0.663 bits per heavy atom. The summed E-state index contributed by atoms with van der Waals surface area (Å²) >= 11 is 0. The van der Waals surface area contributed by atoms with E-state index in [1.165, 1.54) is 7.11 Å². The Morgan fingerprint density at radius 3 is 1.95 bits per heavy atom. The third-order valence-electron chi connectivity index (χ3n) is 21.0. The van der Waals surface area contributed by atoms with Crippen LogP contribution in [-0.2, 0) is 71.2 Å². The first kappa shape index (κ1) is 63.1. The van der Waals surface area contributed by atoms with Crippen molar-refractivity contribution in [2.75, 3.05) is 27.4 Å². The molecule has 24 nitrogen and oxygen atoms in total. The van der Waals surface area contributed by atoms with Crippen LogP contribution in [0.2, 0.25) is 0 Å². The zero-order valence-corrected chi connectivity index (χ0v) is 48.8. The first-order valence-electron chi connectivity index (χ1n) is 29.7. The number of aliphatic hydroxyl groups excluding tert-OH is 8. The van der Waals surface area contributed by atoms with Crippen molar-refractivity contribution in [3.8, 4) is 0 Å². The lowest BCUT2D eigenvalue weighted by Gasteiger charge is -2.61. The molecule has 1 aromatic rings. The average molecular weight is 1180 g/mol. The van der Waals surface area contributed by atoms with Gasteiger partial charge in [0.15, 0.2) is 25.2 Å². The molecule has 10 rings (SSSR count). The molecule has 0 aromatic heterocycles. The van der Waals surface area contributed by atoms with Gasteiger partial charge < -0.3 is 102 Å². The molecule has 5 saturated heterocycles. The maximum absolute atomic E-state index is 14.2. The van der Waals surface area contributed by atoms with E-state index < -0.39 is 182 Å². The van der Waals surface area contributed by atoms with Crippen LogP contribution in [0.5, 0.6) is 0 Å². The van der Waals surface area contributed by atoms with Crippen LogP contribution in [0.4, 0.5) is 0 Å². The Bertz CT molecular complexity index is 2420. The summed E-state index contributed by atoms with van der Waals surface area (Å²) in [7, 11) is 2.88. The minimum Gasteiger partial charge on any atom is -0.458 e. The van der Waals surface area contributed by atoms with Crippen LogP contribution in [0.1, 0.15) is 117 Å². The van der Waals surface area contributed by atoms with Crippen molar-refractivity contribution >= 4 is 17.7 Å². The largest absolute Gasteiger partial charge is 0.458 e. The van der Waals surface area contributed by atoms with Gasteiger partial charge in [-0.05, 0) is 95.6 Å². The summed E-state index contributed by atoms with van der Waals surface area (Å²) in [6.45, 7) is 11.5. The molecule has 9 fully saturated rings. The average Bonchev–Trinajstić information content (AvgIpc) is 1.46. The quantitative estimate of drug-likeness (QED) is 0.0577. The molecule has 1 unspecified atom stereocenters. The molecule has 30 atom stereocenters. The highest BCUT2D eigenvalue weighted by Gasteiger charge is 2.91. The molecular weight excluding hydrogens is 1090 g/mol. The molecule has 4 saturated carbocycles. The van der Waals surface area contributed by atoms with E-state index in [4.69, 9.17) is 61.6 Å². The van der Waals surface area contributed by atoms with E-state index in [1.807, 2.05) is 33.8 Å². The zero-order valence-electron chi connectivity index (χ0n) is 48.8. The van der Waals surface area contributed by atoms with Gasteiger partial charge in [0.25, 0.3) is 0 Å². The van der Waals surface area contributed by atoms with E-state index in [2.05, 4.69) is 6.92 Å². The van der Waals surface area contributed by atoms with Gasteiger partial charge in [0, 0.05) is 37.9 Å². The van der Waals surface area contributed by atoms with Crippen molar-refractivity contribution in [2.45, 2.75) is 252 Å². The Kier molecular flexibility index (Phi) is 18.7. The van der Waals surface area contributed by atoms with Gasteiger partial charge in [-0.3, -0.25) is 9.59 Å². The molecule has 5 aliphatic heterocycles. The molecule has 1 aromatic carbocycles. The van der Waals surface area contributed by atoms with Gasteiger partial charge >= 0.3 is 11.9 Å². The molecule has 0 bridgehead atoms. The summed E-state index contributed by atoms with van der Waals surface area (Å²) in [5.41, 5.74) is -2.55. The second-order valence-corrected chi connectivity index (χ2v) is 25.3. The van der Waals surface area contributed by atoms with Gasteiger partial charge in [-0.25, -0.2) is 4.79 Å². The fourth-order valence-corrected chi connectivity index (χ4v) is 16.3. The summed E-state index contributed by atoms with van der Waals surface area (Å²) in [6.07, 6.45) is -22.2. The van der Waals surface area contributed by atoms with Crippen LogP contribution in [0.25, 0.3) is 0 Å². The molecule has 5 heterocycles. The standard InChI is InChI=1S/C59H88O24/c1-10-26(2)51(69)78-48-49-56(6)19-17-32(22-31(56)16-20-58(49)59(83-58)21-18-33(27(3)62)57(59,7)50(48)82-52(70)30-14-12-11-13-15-30)75-37-23-34(71-8)44(28(4)73-37)79-55-43(68)47(72-9)45(29(5)74-55)80-54-42(67)40(65)46(36(25-61)77-54)81-53-41(66)39(64)38(63)35(24-60)76-53/h11-15,26,28-29,31-50,53-55,60-61,63-68H,10,16-25H2,1-9H3/t26?,28-,29-,31+,32+,33+,34-,35-,36-,37+,38-,39+,40-,41-,42-,43-,44-,45-,46-,47+,48+,49-,50-,53+,54+,55+,56+,57+,58+,59-/m1/s1. The van der Waals surface area contributed by atoms with Gasteiger partial charge in [0.2, 0.25) is 0 Å². The number of benzene rings is 1. The number of fused-ring (bicyclic) bond motifs is 2. The Hall–Kier alpha value is -2.93. The molecule has 8 N–H and O–H groups in total. The Labute approximate surface area is 483 Å². The van der Waals surface area contributed by atoms with Gasteiger partial charge in [0.1, 0.15) is 102 Å². The molecule has 4 aliphatic carbocycles. The molecular formula is C59H88O24. The number of esters is 2. The fraction of sp³-hybridized carbons (Fsp3) is 0.847. The summed E-state index contributed by atoms with van der Waals surface area (Å²) in [5, 5.41) is 85.3. The molecule has 468 valence electrons. The van der Waals surface area contributed by atoms with Crippen LogP contribution < -0.4 is 0 Å². The second kappa shape index (κ2) is 24.6. The predicted molar refractivity (Wildman–Crippen MR) is 283 cm³/mol. The maximum atomic E-state index is 14.2. The first-order valence-corrected chi connectivity index (χ1v) is 29.7. The van der Waals surface area contributed by atoms with Crippen LogP contribution >= 0.6 is 0 Å². The van der Waals surface area contributed by atoms with Crippen LogP contribution in [0, 0.1) is 34.5 Å². The molecule has 2 spiro atoms. The van der Waals surface area contributed by atoms with E-state index in [-0.39, 0.29) is 36.1 Å². The monoisotopic (exact) mass is 1180 g/mol.